The molecule has 4 aliphatic carbocycles. The van der Waals surface area contributed by atoms with Crippen LogP contribution in [0.5, 0.6) is 0 Å². The molecule has 1 N–H and O–H groups in total. The van der Waals surface area contributed by atoms with Crippen LogP contribution in [-0.4, -0.2) is 17.3 Å². The number of amides is 1. The lowest BCUT2D eigenvalue weighted by Crippen LogP contribution is -2.61. The molecule has 0 saturated heterocycles. The standard InChI is InChI=1S/C18H30ClNO/c1-4-18(5-2,12-19)20-15(21)17-9-13-6-14(10-17)8-16(3,7-13)11-17/h13-14H,4-12H2,1-3H3,(H,20,21). The van der Waals surface area contributed by atoms with Crippen LogP contribution >= 0.6 is 11.6 Å². The number of hydrogen-bond donors (Lipinski definition) is 1. The summed E-state index contributed by atoms with van der Waals surface area (Å²) in [6.07, 6.45) is 9.24. The van der Waals surface area contributed by atoms with Crippen molar-refractivity contribution in [2.24, 2.45) is 22.7 Å². The molecule has 2 atom stereocenters. The predicted octanol–water partition coefficient (Wildman–Crippen LogP) is 4.51. The van der Waals surface area contributed by atoms with Crippen LogP contribution in [0, 0.1) is 22.7 Å². The van der Waals surface area contributed by atoms with Gasteiger partial charge in [0.15, 0.2) is 0 Å². The first-order chi connectivity index (χ1) is 9.88. The maximum atomic E-state index is 13.2. The summed E-state index contributed by atoms with van der Waals surface area (Å²) in [4.78, 5) is 13.2. The fourth-order valence-corrected chi connectivity index (χ4v) is 6.45. The predicted molar refractivity (Wildman–Crippen MR) is 87.4 cm³/mol. The van der Waals surface area contributed by atoms with E-state index in [0.29, 0.717) is 17.2 Å². The number of halogens is 1. The summed E-state index contributed by atoms with van der Waals surface area (Å²) in [6.45, 7) is 6.68. The summed E-state index contributed by atoms with van der Waals surface area (Å²) in [5, 5.41) is 3.38. The maximum absolute atomic E-state index is 13.2. The van der Waals surface area contributed by atoms with Gasteiger partial charge in [-0.05, 0) is 68.6 Å². The summed E-state index contributed by atoms with van der Waals surface area (Å²) in [7, 11) is 0. The number of nitrogens with one attached hydrogen (secondary N) is 1. The Morgan fingerprint density at radius 3 is 2.19 bits per heavy atom. The van der Waals surface area contributed by atoms with Crippen molar-refractivity contribution in [3.63, 3.8) is 0 Å². The summed E-state index contributed by atoms with van der Waals surface area (Å²) < 4.78 is 0. The van der Waals surface area contributed by atoms with Gasteiger partial charge in [-0.15, -0.1) is 11.6 Å². The van der Waals surface area contributed by atoms with Crippen molar-refractivity contribution in [1.29, 1.82) is 0 Å². The Labute approximate surface area is 134 Å². The van der Waals surface area contributed by atoms with E-state index in [1.807, 2.05) is 0 Å². The van der Waals surface area contributed by atoms with Gasteiger partial charge < -0.3 is 5.32 Å². The topological polar surface area (TPSA) is 29.1 Å². The molecule has 21 heavy (non-hydrogen) atoms. The van der Waals surface area contributed by atoms with Crippen molar-refractivity contribution in [1.82, 2.24) is 5.32 Å². The summed E-state index contributed by atoms with van der Waals surface area (Å²) >= 11 is 6.19. The van der Waals surface area contributed by atoms with Crippen molar-refractivity contribution in [3.05, 3.63) is 0 Å². The Bertz CT molecular complexity index is 407. The number of carbonyl (C=O) groups excluding carboxylic acids is 1. The molecule has 0 aliphatic heterocycles. The smallest absolute Gasteiger partial charge is 0.226 e. The van der Waals surface area contributed by atoms with Crippen LogP contribution in [0.25, 0.3) is 0 Å². The zero-order valence-corrected chi connectivity index (χ0v) is 14.6. The first kappa shape index (κ1) is 15.6. The lowest BCUT2D eigenvalue weighted by Gasteiger charge is -2.60. The highest BCUT2D eigenvalue weighted by atomic mass is 35.5. The molecule has 2 nitrogen and oxygen atoms in total. The van der Waals surface area contributed by atoms with Gasteiger partial charge >= 0.3 is 0 Å². The fourth-order valence-electron chi connectivity index (χ4n) is 6.01. The molecule has 4 saturated carbocycles. The van der Waals surface area contributed by atoms with Gasteiger partial charge in [0.2, 0.25) is 5.91 Å². The monoisotopic (exact) mass is 311 g/mol. The minimum atomic E-state index is -0.205. The number of alkyl halides is 1. The Morgan fingerprint density at radius 1 is 1.19 bits per heavy atom. The van der Waals surface area contributed by atoms with E-state index in [4.69, 9.17) is 11.6 Å². The van der Waals surface area contributed by atoms with Crippen molar-refractivity contribution < 1.29 is 4.79 Å². The van der Waals surface area contributed by atoms with E-state index in [-0.39, 0.29) is 11.0 Å². The second-order valence-corrected chi connectivity index (χ2v) is 8.89. The Hall–Kier alpha value is -0.240. The lowest BCUT2D eigenvalue weighted by molar-refractivity contribution is -0.157. The van der Waals surface area contributed by atoms with Crippen molar-refractivity contribution in [2.75, 3.05) is 5.88 Å². The summed E-state index contributed by atoms with van der Waals surface area (Å²) in [5.74, 6) is 2.41. The molecule has 0 heterocycles. The van der Waals surface area contributed by atoms with Gasteiger partial charge in [-0.25, -0.2) is 0 Å². The third kappa shape index (κ3) is 2.52. The summed E-state index contributed by atoms with van der Waals surface area (Å²) in [5.41, 5.74) is 0.132. The van der Waals surface area contributed by atoms with Crippen molar-refractivity contribution in [2.45, 2.75) is 77.7 Å². The lowest BCUT2D eigenvalue weighted by atomic mass is 9.44. The Balaban J connectivity index is 1.81. The highest BCUT2D eigenvalue weighted by molar-refractivity contribution is 6.18. The molecule has 0 spiro atoms. The van der Waals surface area contributed by atoms with E-state index in [0.717, 1.165) is 43.9 Å². The van der Waals surface area contributed by atoms with Crippen LogP contribution in [0.3, 0.4) is 0 Å². The first-order valence-corrected chi connectivity index (χ1v) is 9.30. The van der Waals surface area contributed by atoms with E-state index in [2.05, 4.69) is 26.1 Å². The first-order valence-electron chi connectivity index (χ1n) is 8.77. The third-order valence-electron chi connectivity index (χ3n) is 6.82. The molecule has 0 aromatic rings. The van der Waals surface area contributed by atoms with Gasteiger partial charge in [-0.1, -0.05) is 20.8 Å². The fraction of sp³-hybridized carbons (Fsp3) is 0.944. The molecule has 4 bridgehead atoms. The van der Waals surface area contributed by atoms with Crippen LogP contribution in [-0.2, 0) is 4.79 Å². The average Bonchev–Trinajstić information content (AvgIpc) is 2.42. The molecule has 1 amide bonds. The van der Waals surface area contributed by atoms with Gasteiger partial charge in [0.25, 0.3) is 0 Å². The molecule has 3 heteroatoms. The zero-order valence-electron chi connectivity index (χ0n) is 13.8. The molecular formula is C18H30ClNO. The van der Waals surface area contributed by atoms with Crippen LogP contribution in [0.4, 0.5) is 0 Å². The van der Waals surface area contributed by atoms with E-state index < -0.39 is 0 Å². The van der Waals surface area contributed by atoms with Crippen LogP contribution in [0.2, 0.25) is 0 Å². The number of hydrogen-bond acceptors (Lipinski definition) is 1. The molecular weight excluding hydrogens is 282 g/mol. The highest BCUT2D eigenvalue weighted by Crippen LogP contribution is 2.65. The third-order valence-corrected chi connectivity index (χ3v) is 7.33. The molecule has 0 aromatic carbocycles. The maximum Gasteiger partial charge on any atom is 0.226 e. The zero-order chi connectivity index (χ0) is 15.3. The molecule has 0 radical (unpaired) electrons. The van der Waals surface area contributed by atoms with Gasteiger partial charge in [0, 0.05) is 5.88 Å². The quantitative estimate of drug-likeness (QED) is 0.744. The second kappa shape index (κ2) is 5.15. The molecule has 0 aromatic heterocycles. The number of rotatable bonds is 5. The highest BCUT2D eigenvalue weighted by Gasteiger charge is 2.59. The Kier molecular flexibility index (Phi) is 3.83. The van der Waals surface area contributed by atoms with Gasteiger partial charge in [0.05, 0.1) is 11.0 Å². The molecule has 4 aliphatic rings. The minimum Gasteiger partial charge on any atom is -0.349 e. The van der Waals surface area contributed by atoms with Crippen LogP contribution < -0.4 is 5.32 Å². The average molecular weight is 312 g/mol. The molecule has 120 valence electrons. The summed E-state index contributed by atoms with van der Waals surface area (Å²) in [6, 6.07) is 0. The van der Waals surface area contributed by atoms with Gasteiger partial charge in [-0.2, -0.15) is 0 Å². The van der Waals surface area contributed by atoms with Crippen molar-refractivity contribution in [3.8, 4) is 0 Å². The second-order valence-electron chi connectivity index (χ2n) is 8.63. The van der Waals surface area contributed by atoms with Gasteiger partial charge in [-0.3, -0.25) is 4.79 Å². The minimum absolute atomic E-state index is 0.0829. The largest absolute Gasteiger partial charge is 0.349 e. The molecule has 4 rings (SSSR count). The normalized spacial score (nSPS) is 41.3. The SMILES string of the molecule is CCC(CC)(CCl)NC(=O)C12CC3CC(CC(C)(C3)C1)C2. The Morgan fingerprint density at radius 2 is 1.76 bits per heavy atom. The molecule has 4 fully saturated rings. The van der Waals surface area contributed by atoms with E-state index >= 15 is 0 Å². The van der Waals surface area contributed by atoms with Gasteiger partial charge in [0.1, 0.15) is 0 Å². The molecule has 2 unspecified atom stereocenters. The number of carbonyl (C=O) groups is 1. The van der Waals surface area contributed by atoms with E-state index in [1.54, 1.807) is 0 Å². The van der Waals surface area contributed by atoms with E-state index in [9.17, 15) is 4.79 Å². The van der Waals surface area contributed by atoms with Crippen LogP contribution in [0.1, 0.15) is 72.1 Å². The van der Waals surface area contributed by atoms with Crippen LogP contribution in [0.15, 0.2) is 0 Å². The van der Waals surface area contributed by atoms with Crippen molar-refractivity contribution >= 4 is 17.5 Å². The van der Waals surface area contributed by atoms with E-state index in [1.165, 1.54) is 19.3 Å².